The van der Waals surface area contributed by atoms with Crippen LogP contribution in [0.1, 0.15) is 32.8 Å². The lowest BCUT2D eigenvalue weighted by molar-refractivity contribution is -0.131. The van der Waals surface area contributed by atoms with E-state index in [1.54, 1.807) is 37.9 Å². The van der Waals surface area contributed by atoms with Crippen molar-refractivity contribution < 1.29 is 23.1 Å². The third kappa shape index (κ3) is 6.23. The third-order valence-corrected chi connectivity index (χ3v) is 7.50. The second-order valence-corrected chi connectivity index (χ2v) is 10.4. The summed E-state index contributed by atoms with van der Waals surface area (Å²) in [6.07, 6.45) is -0.0508. The van der Waals surface area contributed by atoms with Crippen molar-refractivity contribution in [3.05, 3.63) is 23.8 Å². The van der Waals surface area contributed by atoms with Gasteiger partial charge in [0.15, 0.2) is 0 Å². The zero-order valence-corrected chi connectivity index (χ0v) is 20.6. The van der Waals surface area contributed by atoms with Crippen LogP contribution < -0.4 is 4.74 Å². The Morgan fingerprint density at radius 2 is 2.03 bits per heavy atom. The average molecular weight is 466 g/mol. The molecule has 0 saturated carbocycles. The van der Waals surface area contributed by atoms with E-state index in [1.807, 2.05) is 25.9 Å². The van der Waals surface area contributed by atoms with Gasteiger partial charge in [0.05, 0.1) is 19.7 Å². The van der Waals surface area contributed by atoms with E-state index in [0.29, 0.717) is 25.1 Å². The highest BCUT2D eigenvalue weighted by molar-refractivity contribution is 7.89. The fraction of sp³-hybridized carbons (Fsp3) is 0.609. The zero-order valence-electron chi connectivity index (χ0n) is 19.8. The van der Waals surface area contributed by atoms with E-state index in [2.05, 4.69) is 11.8 Å². The number of rotatable bonds is 6. The molecule has 1 N–H and O–H groups in total. The quantitative estimate of drug-likeness (QED) is 0.636. The zero-order chi connectivity index (χ0) is 24.1. The smallest absolute Gasteiger partial charge is 0.247 e. The number of aliphatic hydroxyl groups excluding tert-OH is 1. The molecule has 178 valence electrons. The lowest BCUT2D eigenvalue weighted by Gasteiger charge is -2.37. The Balaban J connectivity index is 2.55. The molecule has 1 heterocycles. The molecule has 1 amide bonds. The van der Waals surface area contributed by atoms with Crippen LogP contribution in [0.25, 0.3) is 0 Å². The first-order valence-corrected chi connectivity index (χ1v) is 12.3. The van der Waals surface area contributed by atoms with Gasteiger partial charge in [-0.1, -0.05) is 25.7 Å². The first kappa shape index (κ1) is 26.1. The van der Waals surface area contributed by atoms with Gasteiger partial charge in [0.25, 0.3) is 0 Å². The molecule has 0 aromatic heterocycles. The van der Waals surface area contributed by atoms with Gasteiger partial charge in [-0.2, -0.15) is 4.31 Å². The molecule has 0 spiro atoms. The molecule has 0 fully saturated rings. The van der Waals surface area contributed by atoms with Crippen LogP contribution in [0.15, 0.2) is 23.1 Å². The third-order valence-electron chi connectivity index (χ3n) is 5.48. The largest absolute Gasteiger partial charge is 0.487 e. The molecular formula is C23H35N3O5S. The van der Waals surface area contributed by atoms with Gasteiger partial charge in [0, 0.05) is 37.5 Å². The minimum Gasteiger partial charge on any atom is -0.487 e. The lowest BCUT2D eigenvalue weighted by Crippen LogP contribution is -2.50. The predicted octanol–water partition coefficient (Wildman–Crippen LogP) is 1.24. The maximum atomic E-state index is 13.4. The van der Waals surface area contributed by atoms with Gasteiger partial charge in [-0.25, -0.2) is 8.42 Å². The van der Waals surface area contributed by atoms with Crippen molar-refractivity contribution in [1.29, 1.82) is 0 Å². The molecule has 0 unspecified atom stereocenters. The number of hydrogen-bond donors (Lipinski definition) is 1. The highest BCUT2D eigenvalue weighted by atomic mass is 32.2. The summed E-state index contributed by atoms with van der Waals surface area (Å²) >= 11 is 0. The molecule has 9 heteroatoms. The van der Waals surface area contributed by atoms with Gasteiger partial charge in [-0.15, -0.1) is 0 Å². The minimum absolute atomic E-state index is 0.0143. The molecule has 0 aliphatic carbocycles. The van der Waals surface area contributed by atoms with Crippen LogP contribution in [0.3, 0.4) is 0 Å². The number of carbonyl (C=O) groups excluding carboxylic acids is 1. The molecule has 32 heavy (non-hydrogen) atoms. The number of likely N-dealkylation sites (N-methyl/N-ethyl adjacent to an activating group) is 1. The normalized spacial score (nSPS) is 21.4. The maximum absolute atomic E-state index is 13.4. The summed E-state index contributed by atoms with van der Waals surface area (Å²) in [5.41, 5.74) is 0.646. The predicted molar refractivity (Wildman–Crippen MR) is 124 cm³/mol. The summed E-state index contributed by atoms with van der Waals surface area (Å²) in [6, 6.07) is 4.22. The Morgan fingerprint density at radius 3 is 2.62 bits per heavy atom. The van der Waals surface area contributed by atoms with Gasteiger partial charge >= 0.3 is 0 Å². The molecule has 2 rings (SSSR count). The number of sulfonamides is 1. The topological polar surface area (TPSA) is 90.4 Å². The highest BCUT2D eigenvalue weighted by Gasteiger charge is 2.38. The van der Waals surface area contributed by atoms with Crippen LogP contribution >= 0.6 is 0 Å². The maximum Gasteiger partial charge on any atom is 0.247 e. The van der Waals surface area contributed by atoms with Crippen molar-refractivity contribution in [2.24, 2.45) is 5.92 Å². The minimum atomic E-state index is -3.90. The monoisotopic (exact) mass is 465 g/mol. The summed E-state index contributed by atoms with van der Waals surface area (Å²) in [6.45, 7) is 6.14. The molecule has 3 atom stereocenters. The van der Waals surface area contributed by atoms with E-state index in [0.717, 1.165) is 0 Å². The van der Waals surface area contributed by atoms with Crippen LogP contribution in [-0.4, -0.2) is 93.1 Å². The van der Waals surface area contributed by atoms with E-state index in [1.165, 1.54) is 10.4 Å². The number of carbonyl (C=O) groups is 1. The van der Waals surface area contributed by atoms with Gasteiger partial charge in [-0.05, 0) is 39.2 Å². The van der Waals surface area contributed by atoms with Crippen molar-refractivity contribution >= 4 is 15.9 Å². The Bertz CT molecular complexity index is 968. The summed E-state index contributed by atoms with van der Waals surface area (Å²) in [5, 5.41) is 9.71. The van der Waals surface area contributed by atoms with Crippen LogP contribution in [-0.2, 0) is 14.8 Å². The van der Waals surface area contributed by atoms with E-state index < -0.39 is 22.2 Å². The van der Waals surface area contributed by atoms with E-state index >= 15 is 0 Å². The van der Waals surface area contributed by atoms with Gasteiger partial charge in [0.2, 0.25) is 15.9 Å². The number of benzene rings is 1. The number of ether oxygens (including phenoxy) is 1. The highest BCUT2D eigenvalue weighted by Crippen LogP contribution is 2.34. The van der Waals surface area contributed by atoms with E-state index in [9.17, 15) is 18.3 Å². The number of amides is 1. The van der Waals surface area contributed by atoms with Gasteiger partial charge < -0.3 is 14.7 Å². The summed E-state index contributed by atoms with van der Waals surface area (Å²) in [5.74, 6) is 6.07. The van der Waals surface area contributed by atoms with Crippen LogP contribution in [0, 0.1) is 17.8 Å². The summed E-state index contributed by atoms with van der Waals surface area (Å²) in [4.78, 5) is 15.7. The molecule has 0 radical (unpaired) electrons. The lowest BCUT2D eigenvalue weighted by atomic mass is 10.0. The fourth-order valence-electron chi connectivity index (χ4n) is 3.46. The molecule has 1 aromatic carbocycles. The van der Waals surface area contributed by atoms with Crippen LogP contribution in [0.4, 0.5) is 0 Å². The fourth-order valence-corrected chi connectivity index (χ4v) is 5.29. The van der Waals surface area contributed by atoms with Crippen molar-refractivity contribution in [2.75, 3.05) is 47.4 Å². The first-order valence-electron chi connectivity index (χ1n) is 10.8. The molecule has 8 nitrogen and oxygen atoms in total. The molecular weight excluding hydrogens is 430 g/mol. The van der Waals surface area contributed by atoms with Crippen molar-refractivity contribution in [3.63, 3.8) is 0 Å². The number of hydrogen-bond acceptors (Lipinski definition) is 6. The molecule has 1 aliphatic rings. The average Bonchev–Trinajstić information content (AvgIpc) is 2.74. The Labute approximate surface area is 192 Å². The molecule has 1 aliphatic heterocycles. The first-order chi connectivity index (χ1) is 15.0. The summed E-state index contributed by atoms with van der Waals surface area (Å²) < 4.78 is 34.5. The second-order valence-electron chi connectivity index (χ2n) is 8.57. The number of nitrogens with zero attached hydrogens (tertiary/aromatic N) is 3. The van der Waals surface area contributed by atoms with Crippen molar-refractivity contribution in [2.45, 2.75) is 44.2 Å². The molecule has 0 bridgehead atoms. The molecule has 0 saturated heterocycles. The van der Waals surface area contributed by atoms with Crippen LogP contribution in [0.5, 0.6) is 5.75 Å². The van der Waals surface area contributed by atoms with Crippen LogP contribution in [0.2, 0.25) is 0 Å². The summed E-state index contributed by atoms with van der Waals surface area (Å²) in [7, 11) is 1.66. The van der Waals surface area contributed by atoms with E-state index in [-0.39, 0.29) is 35.6 Å². The van der Waals surface area contributed by atoms with Gasteiger partial charge in [-0.3, -0.25) is 9.69 Å². The second kappa shape index (κ2) is 11.1. The Morgan fingerprint density at radius 1 is 1.34 bits per heavy atom. The SMILES string of the molecule is CCC(=O)N(C)C[C@@H]1Oc2cc(C#CCN(C)C)ccc2S(=O)(=O)N([C@@H](C)CO)C[C@@H]1C. The Kier molecular flexibility index (Phi) is 9.10. The van der Waals surface area contributed by atoms with E-state index in [4.69, 9.17) is 4.74 Å². The number of aliphatic hydroxyl groups is 1. The van der Waals surface area contributed by atoms with Crippen molar-refractivity contribution in [3.8, 4) is 17.6 Å². The standard InChI is InChI=1S/C23H35N3O5S/c1-7-23(28)25(6)15-21-17(2)14-26(18(3)16-27)32(29,30)22-11-10-19(13-20(22)31-21)9-8-12-24(4)5/h10-11,13,17-18,21,27H,7,12,14-16H2,1-6H3/t17-,18-,21-/m0/s1. The van der Waals surface area contributed by atoms with Gasteiger partial charge in [0.1, 0.15) is 16.7 Å². The van der Waals surface area contributed by atoms with Crippen molar-refractivity contribution in [1.82, 2.24) is 14.1 Å². The molecule has 1 aromatic rings. The number of fused-ring (bicyclic) bond motifs is 1. The Hall–Kier alpha value is -2.12.